The van der Waals surface area contributed by atoms with Crippen LogP contribution >= 0.6 is 0 Å². The zero-order valence-corrected chi connectivity index (χ0v) is 14.1. The number of hydrogen-bond donors (Lipinski definition) is 1. The van der Waals surface area contributed by atoms with Crippen LogP contribution in [-0.4, -0.2) is 48.6 Å². The van der Waals surface area contributed by atoms with Crippen molar-refractivity contribution in [3.63, 3.8) is 0 Å². The van der Waals surface area contributed by atoms with Crippen molar-refractivity contribution in [2.24, 2.45) is 5.92 Å². The third-order valence-corrected chi connectivity index (χ3v) is 3.99. The second kappa shape index (κ2) is 7.97. The van der Waals surface area contributed by atoms with Crippen molar-refractivity contribution in [3.05, 3.63) is 23.7 Å². The topological polar surface area (TPSA) is 31.6 Å². The first kappa shape index (κ1) is 16.5. The van der Waals surface area contributed by atoms with Crippen LogP contribution in [0.5, 0.6) is 0 Å². The molecular formula is C17H31N3O. The molecule has 21 heavy (non-hydrogen) atoms. The van der Waals surface area contributed by atoms with Gasteiger partial charge in [-0.05, 0) is 12.0 Å². The fraction of sp³-hybridized carbons (Fsp3) is 0.765. The smallest absolute Gasteiger partial charge is 0.122 e. The molecule has 4 heteroatoms. The lowest BCUT2D eigenvalue weighted by atomic mass is 10.1. The van der Waals surface area contributed by atoms with Gasteiger partial charge in [0, 0.05) is 50.9 Å². The lowest BCUT2D eigenvalue weighted by molar-refractivity contribution is 0.117. The van der Waals surface area contributed by atoms with E-state index in [0.717, 1.165) is 37.9 Å². The van der Waals surface area contributed by atoms with E-state index < -0.39 is 0 Å². The maximum atomic E-state index is 5.63. The molecule has 2 rings (SSSR count). The van der Waals surface area contributed by atoms with Gasteiger partial charge in [0.15, 0.2) is 0 Å². The largest absolute Gasteiger partial charge is 0.468 e. The lowest BCUT2D eigenvalue weighted by Gasteiger charge is -2.35. The summed E-state index contributed by atoms with van der Waals surface area (Å²) in [6.45, 7) is 16.7. The first-order valence-corrected chi connectivity index (χ1v) is 8.28. The second-order valence-corrected chi connectivity index (χ2v) is 6.88. The Labute approximate surface area is 129 Å². The van der Waals surface area contributed by atoms with E-state index in [1.807, 2.05) is 6.26 Å². The Kier molecular flexibility index (Phi) is 6.27. The van der Waals surface area contributed by atoms with Crippen LogP contribution in [0.4, 0.5) is 0 Å². The molecule has 1 fully saturated rings. The van der Waals surface area contributed by atoms with Gasteiger partial charge in [-0.3, -0.25) is 4.90 Å². The fourth-order valence-electron chi connectivity index (χ4n) is 2.85. The van der Waals surface area contributed by atoms with E-state index in [0.29, 0.717) is 6.04 Å². The minimum absolute atomic E-state index is 0.488. The van der Waals surface area contributed by atoms with Crippen LogP contribution in [0.3, 0.4) is 0 Å². The molecule has 4 nitrogen and oxygen atoms in total. The third kappa shape index (κ3) is 5.46. The highest BCUT2D eigenvalue weighted by Gasteiger charge is 2.19. The molecular weight excluding hydrogens is 262 g/mol. The zero-order chi connectivity index (χ0) is 15.2. The summed E-state index contributed by atoms with van der Waals surface area (Å²) in [5.41, 5.74) is 1.33. The second-order valence-electron chi connectivity index (χ2n) is 6.88. The van der Waals surface area contributed by atoms with Crippen molar-refractivity contribution in [2.45, 2.75) is 46.8 Å². The van der Waals surface area contributed by atoms with Crippen molar-refractivity contribution >= 4 is 0 Å². The Bertz CT molecular complexity index is 406. The molecule has 0 aliphatic carbocycles. The summed E-state index contributed by atoms with van der Waals surface area (Å²) in [6, 6.07) is 2.61. The van der Waals surface area contributed by atoms with Crippen LogP contribution in [0.1, 0.15) is 39.0 Å². The van der Waals surface area contributed by atoms with E-state index in [4.69, 9.17) is 4.42 Å². The van der Waals surface area contributed by atoms with E-state index in [2.05, 4.69) is 48.9 Å². The summed E-state index contributed by atoms with van der Waals surface area (Å²) >= 11 is 0. The SMILES string of the molecule is CC(C)CN1CCN(Cc2ccoc2CNC(C)C)CC1. The van der Waals surface area contributed by atoms with Crippen LogP contribution in [0.25, 0.3) is 0 Å². The Morgan fingerprint density at radius 3 is 2.38 bits per heavy atom. The van der Waals surface area contributed by atoms with E-state index in [1.165, 1.54) is 25.2 Å². The Morgan fingerprint density at radius 1 is 1.10 bits per heavy atom. The highest BCUT2D eigenvalue weighted by atomic mass is 16.3. The summed E-state index contributed by atoms with van der Waals surface area (Å²) in [5.74, 6) is 1.85. The van der Waals surface area contributed by atoms with Crippen molar-refractivity contribution in [2.75, 3.05) is 32.7 Å². The monoisotopic (exact) mass is 293 g/mol. The minimum atomic E-state index is 0.488. The van der Waals surface area contributed by atoms with Gasteiger partial charge in [0.05, 0.1) is 12.8 Å². The van der Waals surface area contributed by atoms with Crippen molar-refractivity contribution in [1.82, 2.24) is 15.1 Å². The molecule has 0 aromatic carbocycles. The average molecular weight is 293 g/mol. The Balaban J connectivity index is 1.79. The fourth-order valence-corrected chi connectivity index (χ4v) is 2.85. The first-order valence-electron chi connectivity index (χ1n) is 8.28. The van der Waals surface area contributed by atoms with Gasteiger partial charge in [0.25, 0.3) is 0 Å². The molecule has 0 unspecified atom stereocenters. The van der Waals surface area contributed by atoms with Crippen molar-refractivity contribution in [3.8, 4) is 0 Å². The summed E-state index contributed by atoms with van der Waals surface area (Å²) in [7, 11) is 0. The molecule has 0 atom stereocenters. The van der Waals surface area contributed by atoms with Gasteiger partial charge in [-0.25, -0.2) is 0 Å². The summed E-state index contributed by atoms with van der Waals surface area (Å²) < 4.78 is 5.63. The molecule has 0 saturated carbocycles. The van der Waals surface area contributed by atoms with Crippen LogP contribution in [-0.2, 0) is 13.1 Å². The van der Waals surface area contributed by atoms with Crippen molar-refractivity contribution < 1.29 is 4.42 Å². The van der Waals surface area contributed by atoms with Gasteiger partial charge >= 0.3 is 0 Å². The van der Waals surface area contributed by atoms with E-state index in [1.54, 1.807) is 0 Å². The summed E-state index contributed by atoms with van der Waals surface area (Å²) in [6.07, 6.45) is 1.82. The number of furan rings is 1. The average Bonchev–Trinajstić information content (AvgIpc) is 2.85. The molecule has 2 heterocycles. The van der Waals surface area contributed by atoms with E-state index in [9.17, 15) is 0 Å². The molecule has 1 N–H and O–H groups in total. The van der Waals surface area contributed by atoms with Gasteiger partial charge in [-0.2, -0.15) is 0 Å². The van der Waals surface area contributed by atoms with Crippen LogP contribution in [0.2, 0.25) is 0 Å². The molecule has 120 valence electrons. The van der Waals surface area contributed by atoms with Gasteiger partial charge in [-0.15, -0.1) is 0 Å². The van der Waals surface area contributed by atoms with E-state index >= 15 is 0 Å². The quantitative estimate of drug-likeness (QED) is 0.837. The third-order valence-electron chi connectivity index (χ3n) is 3.99. The number of rotatable bonds is 7. The standard InChI is InChI=1S/C17H31N3O/c1-14(2)12-19-6-8-20(9-7-19)13-16-5-10-21-17(16)11-18-15(3)4/h5,10,14-15,18H,6-9,11-13H2,1-4H3. The highest BCUT2D eigenvalue weighted by Crippen LogP contribution is 2.15. The predicted molar refractivity (Wildman–Crippen MR) is 87.2 cm³/mol. The normalized spacial score (nSPS) is 18.0. The van der Waals surface area contributed by atoms with Crippen LogP contribution in [0, 0.1) is 5.92 Å². The number of nitrogens with zero attached hydrogens (tertiary/aromatic N) is 2. The zero-order valence-electron chi connectivity index (χ0n) is 14.1. The van der Waals surface area contributed by atoms with Gasteiger partial charge in [-0.1, -0.05) is 27.7 Å². The molecule has 0 amide bonds. The molecule has 1 aromatic heterocycles. The number of piperazine rings is 1. The van der Waals surface area contributed by atoms with E-state index in [-0.39, 0.29) is 0 Å². The molecule has 0 radical (unpaired) electrons. The molecule has 0 bridgehead atoms. The molecule has 1 aliphatic rings. The first-order chi connectivity index (χ1) is 10.0. The van der Waals surface area contributed by atoms with Crippen LogP contribution in [0.15, 0.2) is 16.7 Å². The molecule has 1 saturated heterocycles. The maximum Gasteiger partial charge on any atom is 0.122 e. The number of nitrogens with one attached hydrogen (secondary N) is 1. The predicted octanol–water partition coefficient (Wildman–Crippen LogP) is 2.55. The minimum Gasteiger partial charge on any atom is -0.468 e. The highest BCUT2D eigenvalue weighted by molar-refractivity contribution is 5.17. The lowest BCUT2D eigenvalue weighted by Crippen LogP contribution is -2.46. The molecule has 1 aromatic rings. The van der Waals surface area contributed by atoms with Crippen LogP contribution < -0.4 is 5.32 Å². The molecule has 1 aliphatic heterocycles. The summed E-state index contributed by atoms with van der Waals surface area (Å²) in [4.78, 5) is 5.12. The maximum absolute atomic E-state index is 5.63. The number of hydrogen-bond acceptors (Lipinski definition) is 4. The van der Waals surface area contributed by atoms with Gasteiger partial charge in [0.2, 0.25) is 0 Å². The van der Waals surface area contributed by atoms with Gasteiger partial charge < -0.3 is 14.6 Å². The molecule has 0 spiro atoms. The Hall–Kier alpha value is -0.840. The van der Waals surface area contributed by atoms with Gasteiger partial charge in [0.1, 0.15) is 5.76 Å². The Morgan fingerprint density at radius 2 is 1.76 bits per heavy atom. The summed E-state index contributed by atoms with van der Waals surface area (Å²) in [5, 5.41) is 3.43. The van der Waals surface area contributed by atoms with Crippen molar-refractivity contribution in [1.29, 1.82) is 0 Å².